The largest absolute Gasteiger partial charge is 0.393 e. The molecule has 3 heterocycles. The van der Waals surface area contributed by atoms with Crippen LogP contribution >= 0.6 is 0 Å². The van der Waals surface area contributed by atoms with Crippen LogP contribution in [-0.4, -0.2) is 38.9 Å². The maximum absolute atomic E-state index is 13.1. The summed E-state index contributed by atoms with van der Waals surface area (Å²) in [5.74, 6) is 6.36. The third-order valence-electron chi connectivity index (χ3n) is 4.80. The van der Waals surface area contributed by atoms with Crippen LogP contribution in [0.15, 0.2) is 18.5 Å². The Bertz CT molecular complexity index is 887. The molecule has 0 spiro atoms. The number of pyridine rings is 1. The molecular weight excluding hydrogens is 369 g/mol. The number of nitrogens with zero attached hydrogens (tertiary/aromatic N) is 4. The van der Waals surface area contributed by atoms with Crippen molar-refractivity contribution < 1.29 is 17.9 Å². The van der Waals surface area contributed by atoms with E-state index in [2.05, 4.69) is 27.1 Å². The maximum Gasteiger partial charge on any atom is 0.393 e. The number of halogens is 3. The molecule has 0 aromatic carbocycles. The number of hydrogen-bond donors (Lipinski definition) is 0. The fraction of sp³-hybridized carbons (Fsp3) is 0.550. The molecule has 1 aliphatic carbocycles. The average molecular weight is 390 g/mol. The average Bonchev–Trinajstić information content (AvgIpc) is 3.38. The maximum atomic E-state index is 13.1. The van der Waals surface area contributed by atoms with Crippen LogP contribution in [0.5, 0.6) is 0 Å². The highest BCUT2D eigenvalue weighted by molar-refractivity contribution is 5.59. The summed E-state index contributed by atoms with van der Waals surface area (Å²) in [6.07, 6.45) is 3.00. The van der Waals surface area contributed by atoms with E-state index >= 15 is 0 Å². The molecule has 2 aromatic rings. The van der Waals surface area contributed by atoms with Crippen molar-refractivity contribution in [3.8, 4) is 23.2 Å². The van der Waals surface area contributed by atoms with E-state index < -0.39 is 12.6 Å². The Kier molecular flexibility index (Phi) is 5.36. The Hall–Kier alpha value is -2.40. The lowest BCUT2D eigenvalue weighted by Crippen LogP contribution is -2.24. The van der Waals surface area contributed by atoms with Gasteiger partial charge in [0.25, 0.3) is 0 Å². The Balaban J connectivity index is 1.57. The molecule has 0 N–H and O–H groups in total. The van der Waals surface area contributed by atoms with E-state index in [1.165, 1.54) is 12.3 Å². The highest BCUT2D eigenvalue weighted by atomic mass is 19.4. The lowest BCUT2D eigenvalue weighted by Gasteiger charge is -2.21. The van der Waals surface area contributed by atoms with E-state index in [9.17, 15) is 13.2 Å². The van der Waals surface area contributed by atoms with Crippen molar-refractivity contribution in [2.24, 2.45) is 5.92 Å². The highest BCUT2D eigenvalue weighted by Gasteiger charge is 2.30. The van der Waals surface area contributed by atoms with E-state index in [0.717, 1.165) is 38.7 Å². The summed E-state index contributed by atoms with van der Waals surface area (Å²) in [7, 11) is 0. The molecule has 2 aromatic heterocycles. The van der Waals surface area contributed by atoms with Crippen molar-refractivity contribution in [3.63, 3.8) is 0 Å². The molecule has 2 fully saturated rings. The van der Waals surface area contributed by atoms with Gasteiger partial charge in [-0.05, 0) is 43.7 Å². The Morgan fingerprint density at radius 2 is 2.07 bits per heavy atom. The molecule has 148 valence electrons. The Labute approximate surface area is 161 Å². The number of alkyl halides is 3. The molecule has 0 unspecified atom stereocenters. The minimum absolute atomic E-state index is 0.0611. The van der Waals surface area contributed by atoms with E-state index in [1.807, 2.05) is 0 Å². The van der Waals surface area contributed by atoms with Gasteiger partial charge in [0.15, 0.2) is 0 Å². The minimum atomic E-state index is -4.34. The van der Waals surface area contributed by atoms with Gasteiger partial charge in [0.1, 0.15) is 5.69 Å². The Morgan fingerprint density at radius 3 is 2.79 bits per heavy atom. The first-order chi connectivity index (χ1) is 13.5. The zero-order valence-electron chi connectivity index (χ0n) is 15.4. The van der Waals surface area contributed by atoms with Crippen LogP contribution in [0.1, 0.15) is 43.2 Å². The van der Waals surface area contributed by atoms with Crippen LogP contribution in [0.25, 0.3) is 11.4 Å². The molecule has 4 rings (SSSR count). The molecule has 1 atom stereocenters. The molecule has 1 aliphatic heterocycles. The number of aromatic nitrogens is 4. The second kappa shape index (κ2) is 7.92. The first-order valence-corrected chi connectivity index (χ1v) is 9.55. The summed E-state index contributed by atoms with van der Waals surface area (Å²) in [6, 6.07) is 1.47. The van der Waals surface area contributed by atoms with Gasteiger partial charge in [-0.25, -0.2) is 4.68 Å². The van der Waals surface area contributed by atoms with Gasteiger partial charge in [-0.3, -0.25) is 4.98 Å². The van der Waals surface area contributed by atoms with Gasteiger partial charge in [-0.2, -0.15) is 13.2 Å². The smallest absolute Gasteiger partial charge is 0.376 e. The fourth-order valence-corrected chi connectivity index (χ4v) is 3.23. The summed E-state index contributed by atoms with van der Waals surface area (Å²) < 4.78 is 46.6. The Morgan fingerprint density at radius 1 is 1.21 bits per heavy atom. The summed E-state index contributed by atoms with van der Waals surface area (Å²) in [4.78, 5) is 4.24. The number of rotatable bonds is 4. The number of ether oxygens (including phenoxy) is 1. The molecule has 1 saturated carbocycles. The third-order valence-corrected chi connectivity index (χ3v) is 4.80. The van der Waals surface area contributed by atoms with Crippen molar-refractivity contribution in [3.05, 3.63) is 29.6 Å². The van der Waals surface area contributed by atoms with Crippen molar-refractivity contribution >= 4 is 0 Å². The van der Waals surface area contributed by atoms with Crippen molar-refractivity contribution in [2.45, 2.75) is 57.3 Å². The zero-order valence-corrected chi connectivity index (χ0v) is 15.4. The van der Waals surface area contributed by atoms with Crippen LogP contribution in [0.4, 0.5) is 13.2 Å². The molecular formula is C20H21F3N4O. The lowest BCUT2D eigenvalue weighted by atomic mass is 10.1. The predicted molar refractivity (Wildman–Crippen MR) is 96.2 cm³/mol. The van der Waals surface area contributed by atoms with Crippen LogP contribution in [0.2, 0.25) is 0 Å². The fourth-order valence-electron chi connectivity index (χ4n) is 3.23. The van der Waals surface area contributed by atoms with Crippen molar-refractivity contribution in [1.82, 2.24) is 20.0 Å². The summed E-state index contributed by atoms with van der Waals surface area (Å²) in [5.41, 5.74) is 1.09. The molecule has 28 heavy (non-hydrogen) atoms. The molecule has 0 amide bonds. The second-order valence-corrected chi connectivity index (χ2v) is 7.38. The SMILES string of the molecule is FC(F)(F)Cc1cc(C#CC2CC2)cnc1-c1cn(C[C@H]2CCCCO2)nn1. The van der Waals surface area contributed by atoms with E-state index in [-0.39, 0.29) is 17.4 Å². The quantitative estimate of drug-likeness (QED) is 0.746. The predicted octanol–water partition coefficient (Wildman–Crippen LogP) is 3.78. The van der Waals surface area contributed by atoms with Gasteiger partial charge in [-0.1, -0.05) is 17.1 Å². The van der Waals surface area contributed by atoms with E-state index in [4.69, 9.17) is 4.74 Å². The van der Waals surface area contributed by atoms with Crippen molar-refractivity contribution in [2.75, 3.05) is 6.61 Å². The molecule has 0 bridgehead atoms. The van der Waals surface area contributed by atoms with Gasteiger partial charge in [-0.15, -0.1) is 5.10 Å². The summed E-state index contributed by atoms with van der Waals surface area (Å²) in [6.45, 7) is 1.26. The third kappa shape index (κ3) is 5.10. The van der Waals surface area contributed by atoms with Crippen LogP contribution in [0, 0.1) is 17.8 Å². The summed E-state index contributed by atoms with van der Waals surface area (Å²) >= 11 is 0. The monoisotopic (exact) mass is 390 g/mol. The second-order valence-electron chi connectivity index (χ2n) is 7.38. The van der Waals surface area contributed by atoms with Crippen LogP contribution in [0.3, 0.4) is 0 Å². The van der Waals surface area contributed by atoms with Gasteiger partial charge in [0.05, 0.1) is 31.0 Å². The first-order valence-electron chi connectivity index (χ1n) is 9.55. The molecule has 2 aliphatic rings. The van der Waals surface area contributed by atoms with Crippen LogP contribution in [-0.2, 0) is 17.7 Å². The van der Waals surface area contributed by atoms with E-state index in [0.29, 0.717) is 23.7 Å². The molecule has 0 radical (unpaired) electrons. The summed E-state index contributed by atoms with van der Waals surface area (Å²) in [5, 5.41) is 8.10. The topological polar surface area (TPSA) is 52.8 Å². The zero-order chi connectivity index (χ0) is 19.6. The van der Waals surface area contributed by atoms with Gasteiger partial charge in [0.2, 0.25) is 0 Å². The highest BCUT2D eigenvalue weighted by Crippen LogP contribution is 2.29. The molecule has 8 heteroatoms. The number of hydrogen-bond acceptors (Lipinski definition) is 4. The minimum Gasteiger partial charge on any atom is -0.376 e. The standard InChI is InChI=1S/C20H21F3N4O/c21-20(22,23)10-16-9-15(7-6-14-4-5-14)11-24-19(16)18-13-27(26-25-18)12-17-3-1-2-8-28-17/h9,11,13-14,17H,1-5,8,10,12H2/t17-/m1/s1. The molecule has 1 saturated heterocycles. The normalized spacial score (nSPS) is 19.9. The van der Waals surface area contributed by atoms with Crippen molar-refractivity contribution in [1.29, 1.82) is 0 Å². The van der Waals surface area contributed by atoms with Gasteiger partial charge < -0.3 is 4.74 Å². The van der Waals surface area contributed by atoms with E-state index in [1.54, 1.807) is 10.9 Å². The van der Waals surface area contributed by atoms with Crippen LogP contribution < -0.4 is 0 Å². The molecule has 5 nitrogen and oxygen atoms in total. The lowest BCUT2D eigenvalue weighted by molar-refractivity contribution is -0.127. The van der Waals surface area contributed by atoms with Gasteiger partial charge >= 0.3 is 6.18 Å². The first kappa shape index (κ1) is 18.9. The van der Waals surface area contributed by atoms with Gasteiger partial charge in [0, 0.05) is 24.3 Å².